The fraction of sp³-hybridized carbons (Fsp3) is 0.333. The summed E-state index contributed by atoms with van der Waals surface area (Å²) in [5, 5.41) is 0. The number of ether oxygens (including phenoxy) is 4. The molecule has 1 aromatic carbocycles. The molecule has 1 aliphatic rings. The van der Waals surface area contributed by atoms with E-state index in [0.29, 0.717) is 5.56 Å². The van der Waals surface area contributed by atoms with Gasteiger partial charge in [0.2, 0.25) is 5.95 Å². The van der Waals surface area contributed by atoms with E-state index in [4.69, 9.17) is 24.7 Å². The Morgan fingerprint density at radius 3 is 2.47 bits per heavy atom. The zero-order chi connectivity index (χ0) is 24.4. The number of carbonyl (C=O) groups is 3. The predicted octanol–water partition coefficient (Wildman–Crippen LogP) is 0.320. The maximum Gasteiger partial charge on any atom is 0.338 e. The molecule has 178 valence electrons. The van der Waals surface area contributed by atoms with Crippen LogP contribution < -0.4 is 11.3 Å². The van der Waals surface area contributed by atoms with Crippen LogP contribution in [0.25, 0.3) is 11.2 Å². The van der Waals surface area contributed by atoms with E-state index in [2.05, 4.69) is 15.0 Å². The van der Waals surface area contributed by atoms with Gasteiger partial charge in [-0.1, -0.05) is 18.2 Å². The second-order valence-electron chi connectivity index (χ2n) is 7.45. The Balaban J connectivity index is 1.67. The minimum Gasteiger partial charge on any atom is -0.459 e. The largest absolute Gasteiger partial charge is 0.459 e. The van der Waals surface area contributed by atoms with Crippen LogP contribution in [0.4, 0.5) is 5.95 Å². The highest BCUT2D eigenvalue weighted by Crippen LogP contribution is 2.35. The van der Waals surface area contributed by atoms with Crippen LogP contribution in [0, 0.1) is 0 Å². The van der Waals surface area contributed by atoms with E-state index in [1.165, 1.54) is 24.7 Å². The number of carbonyl (C=O) groups excluding carboxylic acids is 3. The number of benzene rings is 1. The van der Waals surface area contributed by atoms with Crippen molar-refractivity contribution in [2.75, 3.05) is 12.3 Å². The Labute approximate surface area is 191 Å². The normalized spacial score (nSPS) is 21.8. The van der Waals surface area contributed by atoms with Gasteiger partial charge in [-0.2, -0.15) is 4.98 Å². The highest BCUT2D eigenvalue weighted by atomic mass is 16.7. The highest BCUT2D eigenvalue weighted by molar-refractivity contribution is 5.89. The lowest BCUT2D eigenvalue weighted by Crippen LogP contribution is -2.40. The summed E-state index contributed by atoms with van der Waals surface area (Å²) < 4.78 is 23.5. The third kappa shape index (κ3) is 4.59. The van der Waals surface area contributed by atoms with Crippen LogP contribution in [-0.2, 0) is 28.5 Å². The molecule has 1 saturated heterocycles. The SMILES string of the molecule is CC(=O)OC1C(OC(C)=O)[C@@H](COC(=O)c2ccccc2)O[C@H]1n1cnc2c(=O)[nH]c(N)nc21. The molecule has 4 rings (SSSR count). The summed E-state index contributed by atoms with van der Waals surface area (Å²) in [5.41, 5.74) is 5.44. The van der Waals surface area contributed by atoms with Crippen molar-refractivity contribution in [3.63, 3.8) is 0 Å². The van der Waals surface area contributed by atoms with Gasteiger partial charge in [0.1, 0.15) is 12.7 Å². The molecule has 1 aliphatic heterocycles. The highest BCUT2D eigenvalue weighted by Gasteiger charge is 2.51. The van der Waals surface area contributed by atoms with Crippen molar-refractivity contribution < 1.29 is 33.3 Å². The van der Waals surface area contributed by atoms with Crippen LogP contribution in [0.3, 0.4) is 0 Å². The molecule has 0 amide bonds. The zero-order valence-corrected chi connectivity index (χ0v) is 18.2. The first-order valence-corrected chi connectivity index (χ1v) is 10.2. The molecule has 0 radical (unpaired) electrons. The lowest BCUT2D eigenvalue weighted by Gasteiger charge is -2.23. The second kappa shape index (κ2) is 9.31. The van der Waals surface area contributed by atoms with Crippen LogP contribution in [-0.4, -0.2) is 62.3 Å². The van der Waals surface area contributed by atoms with Crippen molar-refractivity contribution in [2.24, 2.45) is 0 Å². The van der Waals surface area contributed by atoms with Gasteiger partial charge in [0, 0.05) is 13.8 Å². The van der Waals surface area contributed by atoms with Crippen LogP contribution in [0.15, 0.2) is 41.5 Å². The molecule has 3 N–H and O–H groups in total. The third-order valence-corrected chi connectivity index (χ3v) is 5.00. The number of fused-ring (bicyclic) bond motifs is 1. The van der Waals surface area contributed by atoms with Gasteiger partial charge in [0.05, 0.1) is 11.9 Å². The molecule has 0 aliphatic carbocycles. The maximum atomic E-state index is 12.4. The molecule has 2 aromatic heterocycles. The Bertz CT molecular complexity index is 1290. The van der Waals surface area contributed by atoms with Crippen LogP contribution in [0.1, 0.15) is 30.4 Å². The summed E-state index contributed by atoms with van der Waals surface area (Å²) in [5.74, 6) is -2.12. The van der Waals surface area contributed by atoms with E-state index in [9.17, 15) is 19.2 Å². The fourth-order valence-electron chi connectivity index (χ4n) is 3.66. The first-order valence-electron chi connectivity index (χ1n) is 10.2. The molecule has 4 atom stereocenters. The van der Waals surface area contributed by atoms with Gasteiger partial charge in [-0.15, -0.1) is 0 Å². The number of nitrogens with two attached hydrogens (primary N) is 1. The number of esters is 3. The monoisotopic (exact) mass is 471 g/mol. The smallest absolute Gasteiger partial charge is 0.338 e. The third-order valence-electron chi connectivity index (χ3n) is 5.00. The van der Waals surface area contributed by atoms with Crippen molar-refractivity contribution in [3.8, 4) is 0 Å². The van der Waals surface area contributed by atoms with Crippen molar-refractivity contribution in [2.45, 2.75) is 38.4 Å². The molecule has 13 heteroatoms. The molecule has 0 bridgehead atoms. The van der Waals surface area contributed by atoms with Crippen molar-refractivity contribution in [1.29, 1.82) is 0 Å². The number of aromatic nitrogens is 4. The first kappa shape index (κ1) is 22.9. The molecule has 2 unspecified atom stereocenters. The molecule has 3 heterocycles. The lowest BCUT2D eigenvalue weighted by molar-refractivity contribution is -0.165. The quantitative estimate of drug-likeness (QED) is 0.374. The molecule has 1 fully saturated rings. The Hall–Kier alpha value is -4.26. The summed E-state index contributed by atoms with van der Waals surface area (Å²) in [7, 11) is 0. The minimum atomic E-state index is -1.17. The number of nitrogen functional groups attached to an aromatic ring is 1. The van der Waals surface area contributed by atoms with E-state index in [-0.39, 0.29) is 23.7 Å². The summed E-state index contributed by atoms with van der Waals surface area (Å²) in [6, 6.07) is 8.28. The van der Waals surface area contributed by atoms with Gasteiger partial charge in [-0.3, -0.25) is 23.9 Å². The van der Waals surface area contributed by atoms with E-state index in [0.717, 1.165) is 0 Å². The summed E-state index contributed by atoms with van der Waals surface area (Å²) in [6.07, 6.45) is -3.17. The molecule has 13 nitrogen and oxygen atoms in total. The van der Waals surface area contributed by atoms with Gasteiger partial charge in [0.15, 0.2) is 29.6 Å². The Morgan fingerprint density at radius 1 is 1.12 bits per heavy atom. The predicted molar refractivity (Wildman–Crippen MR) is 114 cm³/mol. The first-order chi connectivity index (χ1) is 16.2. The number of H-pyrrole nitrogens is 1. The van der Waals surface area contributed by atoms with E-state index in [1.807, 2.05) is 0 Å². The number of aromatic amines is 1. The number of nitrogens with one attached hydrogen (secondary N) is 1. The van der Waals surface area contributed by atoms with Crippen molar-refractivity contribution in [3.05, 3.63) is 52.6 Å². The maximum absolute atomic E-state index is 12.4. The minimum absolute atomic E-state index is 0.0256. The summed E-state index contributed by atoms with van der Waals surface area (Å²) in [6.45, 7) is 2.04. The Kier molecular flexibility index (Phi) is 6.27. The Morgan fingerprint density at radius 2 is 1.79 bits per heavy atom. The van der Waals surface area contributed by atoms with E-state index in [1.54, 1.807) is 30.3 Å². The van der Waals surface area contributed by atoms with Crippen molar-refractivity contribution >= 4 is 35.0 Å². The van der Waals surface area contributed by atoms with Gasteiger partial charge in [-0.05, 0) is 12.1 Å². The molecular weight excluding hydrogens is 450 g/mol. The van der Waals surface area contributed by atoms with E-state index >= 15 is 0 Å². The molecule has 0 spiro atoms. The van der Waals surface area contributed by atoms with Crippen LogP contribution >= 0.6 is 0 Å². The van der Waals surface area contributed by atoms with Gasteiger partial charge >= 0.3 is 17.9 Å². The topological polar surface area (TPSA) is 178 Å². The zero-order valence-electron chi connectivity index (χ0n) is 18.2. The van der Waals surface area contributed by atoms with Gasteiger partial charge < -0.3 is 24.7 Å². The second-order valence-corrected chi connectivity index (χ2v) is 7.45. The van der Waals surface area contributed by atoms with Gasteiger partial charge in [-0.25, -0.2) is 9.78 Å². The standard InChI is InChI=1S/C21H21N5O8/c1-10(27)32-15-13(8-31-20(30)12-6-4-3-5-7-12)34-19(16(15)33-11(2)28)26-9-23-14-17(26)24-21(22)25-18(14)29/h3-7,9,13,15-16,19H,8H2,1-2H3,(H3,22,24,25,29)/t13-,15?,16?,19-/m1/s1. The number of nitrogens with zero attached hydrogens (tertiary/aromatic N) is 3. The van der Waals surface area contributed by atoms with Crippen LogP contribution in [0.2, 0.25) is 0 Å². The molecule has 3 aromatic rings. The summed E-state index contributed by atoms with van der Waals surface area (Å²) in [4.78, 5) is 58.7. The molecule has 34 heavy (non-hydrogen) atoms. The molecular formula is C21H21N5O8. The molecule has 0 saturated carbocycles. The lowest BCUT2D eigenvalue weighted by atomic mass is 10.1. The number of rotatable bonds is 6. The number of hydrogen-bond donors (Lipinski definition) is 2. The van der Waals surface area contributed by atoms with Crippen LogP contribution in [0.5, 0.6) is 0 Å². The fourth-order valence-corrected chi connectivity index (χ4v) is 3.66. The summed E-state index contributed by atoms with van der Waals surface area (Å²) >= 11 is 0. The number of imidazole rings is 1. The average molecular weight is 471 g/mol. The number of hydrogen-bond acceptors (Lipinski definition) is 11. The van der Waals surface area contributed by atoms with Gasteiger partial charge in [0.25, 0.3) is 5.56 Å². The average Bonchev–Trinajstić information content (AvgIpc) is 3.34. The van der Waals surface area contributed by atoms with Crippen molar-refractivity contribution in [1.82, 2.24) is 19.5 Å². The van der Waals surface area contributed by atoms with E-state index < -0.39 is 48.0 Å². The number of anilines is 1.